The van der Waals surface area contributed by atoms with Gasteiger partial charge in [0.25, 0.3) is 0 Å². The molecule has 6 N–H and O–H groups in total. The molecule has 66 heavy (non-hydrogen) atoms. The number of H-pyrrole nitrogens is 2. The molecular weight excluding hydrogens is 905 g/mol. The fourth-order valence-corrected chi connectivity index (χ4v) is 5.49. The quantitative estimate of drug-likeness (QED) is 0.0428. The van der Waals surface area contributed by atoms with Crippen molar-refractivity contribution >= 4 is 51.6 Å². The van der Waals surface area contributed by atoms with Crippen LogP contribution in [0.4, 0.5) is 45.2 Å². The summed E-state index contributed by atoms with van der Waals surface area (Å²) >= 11 is 0. The number of piperazine rings is 1. The second-order valence-electron chi connectivity index (χ2n) is 15.1. The van der Waals surface area contributed by atoms with Crippen molar-refractivity contribution in [3.8, 4) is 28.5 Å². The van der Waals surface area contributed by atoms with Gasteiger partial charge in [0, 0.05) is 49.5 Å². The Balaban J connectivity index is 0.000000457. The third kappa shape index (κ3) is 18.1. The molecule has 0 saturated carbocycles. The Kier molecular flexibility index (Phi) is 18.7. The van der Waals surface area contributed by atoms with E-state index in [0.29, 0.717) is 19.6 Å². The zero-order chi connectivity index (χ0) is 49.6. The molecule has 5 aromatic rings. The van der Waals surface area contributed by atoms with E-state index in [1.165, 1.54) is 5.69 Å². The molecule has 6 rings (SSSR count). The number of halogens is 9. The van der Waals surface area contributed by atoms with E-state index < -0.39 is 42.0 Å². The molecule has 0 bridgehead atoms. The van der Waals surface area contributed by atoms with Crippen molar-refractivity contribution in [2.24, 2.45) is 0 Å². The molecule has 362 valence electrons. The lowest BCUT2D eigenvalue weighted by Crippen LogP contribution is -2.44. The normalized spacial score (nSPS) is 13.4. The first-order valence-corrected chi connectivity index (χ1v) is 19.5. The lowest BCUT2D eigenvalue weighted by Gasteiger charge is -2.34. The number of carbonyl (C=O) groups is 4. The third-order valence-electron chi connectivity index (χ3n) is 8.64. The molecule has 0 amide bonds. The number of rotatable bonds is 11. The van der Waals surface area contributed by atoms with Crippen LogP contribution in [0.25, 0.3) is 44.8 Å². The van der Waals surface area contributed by atoms with Crippen LogP contribution in [-0.4, -0.2) is 141 Å². The second-order valence-corrected chi connectivity index (χ2v) is 15.1. The van der Waals surface area contributed by atoms with Crippen LogP contribution in [-0.2, 0) is 23.9 Å². The third-order valence-corrected chi connectivity index (χ3v) is 8.64. The summed E-state index contributed by atoms with van der Waals surface area (Å²) in [6, 6.07) is 20.7. The number of imidazole rings is 2. The number of carboxylic acids is 3. The summed E-state index contributed by atoms with van der Waals surface area (Å²) in [6.07, 6.45) is -14.1. The average molecular weight is 952 g/mol. The number of nitrogens with zero attached hydrogens (tertiary/aromatic N) is 4. The van der Waals surface area contributed by atoms with Crippen LogP contribution < -0.4 is 15.0 Å². The van der Waals surface area contributed by atoms with Gasteiger partial charge in [-0.2, -0.15) is 39.5 Å². The molecule has 0 aliphatic carbocycles. The van der Waals surface area contributed by atoms with Gasteiger partial charge < -0.3 is 49.9 Å². The van der Waals surface area contributed by atoms with Crippen molar-refractivity contribution in [3.63, 3.8) is 0 Å². The molecule has 0 atom stereocenters. The number of aromatic amines is 2. The maximum atomic E-state index is 11.8. The van der Waals surface area contributed by atoms with E-state index in [0.717, 1.165) is 89.7 Å². The van der Waals surface area contributed by atoms with Crippen LogP contribution in [0, 0.1) is 0 Å². The minimum Gasteiger partial charge on any atom is -0.494 e. The molecule has 1 fully saturated rings. The van der Waals surface area contributed by atoms with Gasteiger partial charge in [0.05, 0.1) is 35.1 Å². The number of aliphatic carboxylic acids is 3. The summed E-state index contributed by atoms with van der Waals surface area (Å²) in [4.78, 5) is 60.0. The van der Waals surface area contributed by atoms with Crippen molar-refractivity contribution in [1.29, 1.82) is 0 Å². The molecule has 1 aliphatic heterocycles. The lowest BCUT2D eigenvalue weighted by molar-refractivity contribution is -0.193. The Morgan fingerprint density at radius 3 is 1.70 bits per heavy atom. The fraction of sp³-hybridized carbons (Fsp3) is 0.415. The van der Waals surface area contributed by atoms with Crippen LogP contribution in [0.2, 0.25) is 0 Å². The number of likely N-dealkylation sites (N-methyl/N-ethyl adjacent to an activating group) is 1. The van der Waals surface area contributed by atoms with Crippen molar-refractivity contribution in [2.45, 2.75) is 57.7 Å². The Hall–Kier alpha value is -6.63. The molecule has 16 nitrogen and oxygen atoms in total. The number of carboxylic acid groups (broad SMARTS) is 3. The Morgan fingerprint density at radius 2 is 1.17 bits per heavy atom. The van der Waals surface area contributed by atoms with Crippen LogP contribution in [0.1, 0.15) is 33.6 Å². The summed E-state index contributed by atoms with van der Waals surface area (Å²) in [6.45, 7) is 11.8. The molecule has 0 radical (unpaired) electrons. The number of fused-ring (bicyclic) bond motifs is 2. The van der Waals surface area contributed by atoms with Gasteiger partial charge in [-0.3, -0.25) is 4.79 Å². The molecule has 0 unspecified atom stereocenters. The number of nitrogens with one attached hydrogen (secondary N) is 3. The number of aromatic nitrogens is 4. The Morgan fingerprint density at radius 1 is 0.667 bits per heavy atom. The van der Waals surface area contributed by atoms with Gasteiger partial charge in [0.2, 0.25) is 0 Å². The second kappa shape index (κ2) is 23.0. The summed E-state index contributed by atoms with van der Waals surface area (Å²) in [5.41, 5.74) is 6.65. The van der Waals surface area contributed by atoms with E-state index in [2.05, 4.69) is 62.5 Å². The monoisotopic (exact) mass is 951 g/mol. The number of ether oxygens (including phenoxy) is 2. The van der Waals surface area contributed by atoms with Gasteiger partial charge in [0.15, 0.2) is 0 Å². The summed E-state index contributed by atoms with van der Waals surface area (Å²) in [5, 5.41) is 24.6. The topological polar surface area (TPSA) is 223 Å². The standard InChI is InChI=1S/C35H43N7O3.3C2HF3O2/c1-35(2,3)45-32(43)14-16-36-15-5-21-44-27-10-6-24(7-11-27)33-37-28-12-8-25(22-30(28)39-33)34-38-29-13-9-26(23-31(29)40-34)42-19-17-41(4)18-20-42;3*3-2(4,5)1(6)7/h6-13,22-23,36H,5,14-21H2,1-4H3,(H,37,39)(H,38,40);3*(H,6,7). The minimum absolute atomic E-state index is 0.183. The largest absolute Gasteiger partial charge is 0.494 e. The van der Waals surface area contributed by atoms with Crippen LogP contribution in [0.3, 0.4) is 0 Å². The summed E-state index contributed by atoms with van der Waals surface area (Å²) in [7, 11) is 2.17. The predicted octanol–water partition coefficient (Wildman–Crippen LogP) is 7.52. The molecule has 3 heterocycles. The van der Waals surface area contributed by atoms with Crippen molar-refractivity contribution in [3.05, 3.63) is 60.7 Å². The van der Waals surface area contributed by atoms with Crippen molar-refractivity contribution < 1.29 is 83.5 Å². The van der Waals surface area contributed by atoms with E-state index in [-0.39, 0.29) is 5.97 Å². The molecule has 0 spiro atoms. The smallest absolute Gasteiger partial charge is 0.490 e. The van der Waals surface area contributed by atoms with Crippen LogP contribution in [0.15, 0.2) is 60.7 Å². The Bertz CT molecular complexity index is 2330. The number of anilines is 1. The van der Waals surface area contributed by atoms with Gasteiger partial charge in [-0.1, -0.05) is 0 Å². The molecule has 2 aromatic heterocycles. The molecule has 3 aromatic carbocycles. The highest BCUT2D eigenvalue weighted by atomic mass is 19.4. The minimum atomic E-state index is -5.08. The number of hydrogen-bond acceptors (Lipinski definition) is 11. The highest BCUT2D eigenvalue weighted by Gasteiger charge is 2.39. The van der Waals surface area contributed by atoms with E-state index in [1.807, 2.05) is 51.1 Å². The number of benzene rings is 3. The molecular formula is C41H46F9N7O9. The van der Waals surface area contributed by atoms with Gasteiger partial charge in [-0.05, 0) is 101 Å². The van der Waals surface area contributed by atoms with Crippen molar-refractivity contribution in [2.75, 3.05) is 57.8 Å². The van der Waals surface area contributed by atoms with E-state index >= 15 is 0 Å². The van der Waals surface area contributed by atoms with Gasteiger partial charge >= 0.3 is 42.4 Å². The molecule has 25 heteroatoms. The summed E-state index contributed by atoms with van der Waals surface area (Å²) < 4.78 is 106. The van der Waals surface area contributed by atoms with Crippen molar-refractivity contribution in [1.82, 2.24) is 30.2 Å². The number of alkyl halides is 9. The molecule has 1 saturated heterocycles. The predicted molar refractivity (Wildman–Crippen MR) is 221 cm³/mol. The molecule has 1 aliphatic rings. The summed E-state index contributed by atoms with van der Waals surface area (Å²) in [5.74, 6) is -5.99. The first-order chi connectivity index (χ1) is 30.5. The van der Waals surface area contributed by atoms with Gasteiger partial charge in [0.1, 0.15) is 23.0 Å². The number of esters is 1. The fourth-order valence-electron chi connectivity index (χ4n) is 5.49. The van der Waals surface area contributed by atoms with Crippen LogP contribution in [0.5, 0.6) is 5.75 Å². The highest BCUT2D eigenvalue weighted by Crippen LogP contribution is 2.29. The van der Waals surface area contributed by atoms with Gasteiger partial charge in [-0.15, -0.1) is 0 Å². The number of hydrogen-bond donors (Lipinski definition) is 6. The first kappa shape index (κ1) is 53.7. The number of carbonyl (C=O) groups excluding carboxylic acids is 1. The van der Waals surface area contributed by atoms with Gasteiger partial charge in [-0.25, -0.2) is 24.4 Å². The highest BCUT2D eigenvalue weighted by molar-refractivity contribution is 5.87. The zero-order valence-electron chi connectivity index (χ0n) is 35.6. The van der Waals surface area contributed by atoms with E-state index in [9.17, 15) is 44.3 Å². The van der Waals surface area contributed by atoms with E-state index in [1.54, 1.807) is 0 Å². The first-order valence-electron chi connectivity index (χ1n) is 19.5. The maximum absolute atomic E-state index is 11.8. The Labute approximate surface area is 369 Å². The average Bonchev–Trinajstić information content (AvgIpc) is 3.84. The SMILES string of the molecule is CN1CCN(c2ccc3[nH]c(-c4ccc5nc(-c6ccc(OCCCNCCC(=O)OC(C)(C)C)cc6)[nH]c5c4)nc3c2)CC1.O=C(O)C(F)(F)F.O=C(O)C(F)(F)F.O=C(O)C(F)(F)F. The van der Waals surface area contributed by atoms with Crippen LogP contribution >= 0.6 is 0 Å². The zero-order valence-corrected chi connectivity index (χ0v) is 35.6. The maximum Gasteiger partial charge on any atom is 0.490 e. The lowest BCUT2D eigenvalue weighted by atomic mass is 10.2. The van der Waals surface area contributed by atoms with E-state index in [4.69, 9.17) is 49.1 Å².